The lowest BCUT2D eigenvalue weighted by Crippen LogP contribution is -2.37. The quantitative estimate of drug-likeness (QED) is 0.717. The van der Waals surface area contributed by atoms with Gasteiger partial charge in [0, 0.05) is 6.50 Å². The molecule has 1 atom stereocenters. The Kier molecular flexibility index (Phi) is 2.52. The second-order valence-corrected chi connectivity index (χ2v) is 2.77. The van der Waals surface area contributed by atoms with Crippen LogP contribution in [0.4, 0.5) is 0 Å². The topological polar surface area (TPSA) is 55.1 Å². The summed E-state index contributed by atoms with van der Waals surface area (Å²) in [6.45, 7) is -0.373. The highest BCUT2D eigenvalue weighted by molar-refractivity contribution is 5.80. The number of carbonyl (C=O) groups is 1. The summed E-state index contributed by atoms with van der Waals surface area (Å²) in [7, 11) is 0. The summed E-state index contributed by atoms with van der Waals surface area (Å²) < 4.78 is 15.3. The molecule has 0 aliphatic heterocycles. The molecule has 0 aromatic heterocycles. The van der Waals surface area contributed by atoms with Gasteiger partial charge in [-0.15, -0.1) is 0 Å². The van der Waals surface area contributed by atoms with Crippen molar-refractivity contribution in [2.24, 2.45) is 5.73 Å². The maximum atomic E-state index is 11.3. The molecule has 0 radical (unpaired) electrons. The zero-order valence-corrected chi connectivity index (χ0v) is 7.45. The lowest BCUT2D eigenvalue weighted by Gasteiger charge is -2.06. The van der Waals surface area contributed by atoms with Gasteiger partial charge in [-0.25, -0.2) is 0 Å². The summed E-state index contributed by atoms with van der Waals surface area (Å²) in [6.07, 6.45) is 0. The molecule has 0 saturated heterocycles. The Bertz CT molecular complexity index is 339. The Labute approximate surface area is 80.8 Å². The van der Waals surface area contributed by atoms with Crippen molar-refractivity contribution in [1.29, 1.82) is 0 Å². The van der Waals surface area contributed by atoms with Crippen molar-refractivity contribution in [3.63, 3.8) is 0 Å². The highest BCUT2D eigenvalue weighted by Gasteiger charge is 2.05. The van der Waals surface area contributed by atoms with E-state index in [1.54, 1.807) is 30.3 Å². The average Bonchev–Trinajstić information content (AvgIpc) is 2.18. The molecular formula is C10H14N2O. The molecule has 0 aliphatic rings. The maximum absolute atomic E-state index is 11.3. The number of amides is 1. The van der Waals surface area contributed by atoms with Crippen molar-refractivity contribution in [1.82, 2.24) is 5.32 Å². The normalized spacial score (nSPS) is 15.5. The molecule has 0 heterocycles. The van der Waals surface area contributed by atoms with E-state index in [4.69, 9.17) is 8.48 Å². The first kappa shape index (κ1) is 7.09. The number of nitrogens with one attached hydrogen (secondary N) is 1. The summed E-state index contributed by atoms with van der Waals surface area (Å²) in [6, 6.07) is 7.72. The molecule has 1 rings (SSSR count). The van der Waals surface area contributed by atoms with E-state index in [1.165, 1.54) is 6.92 Å². The van der Waals surface area contributed by atoms with E-state index < -0.39 is 18.4 Å². The molecule has 0 aliphatic carbocycles. The minimum Gasteiger partial charge on any atom is -0.351 e. The zero-order chi connectivity index (χ0) is 11.5. The first-order chi connectivity index (χ1) is 6.93. The molecule has 0 fully saturated rings. The van der Waals surface area contributed by atoms with Crippen LogP contribution >= 0.6 is 0 Å². The van der Waals surface area contributed by atoms with Crippen LogP contribution in [0.25, 0.3) is 0 Å². The molecule has 3 heteroatoms. The molecule has 0 unspecified atom stereocenters. The van der Waals surface area contributed by atoms with Crippen LogP contribution < -0.4 is 11.1 Å². The van der Waals surface area contributed by atoms with Crippen molar-refractivity contribution in [3.8, 4) is 0 Å². The van der Waals surface area contributed by atoms with Gasteiger partial charge in [-0.1, -0.05) is 30.3 Å². The van der Waals surface area contributed by atoms with Crippen LogP contribution in [0.2, 0.25) is 0 Å². The molecule has 0 saturated carbocycles. The largest absolute Gasteiger partial charge is 0.351 e. The van der Waals surface area contributed by atoms with Gasteiger partial charge in [-0.3, -0.25) is 4.79 Å². The maximum Gasteiger partial charge on any atom is 0.236 e. The SMILES string of the molecule is [2H]C([2H])(NC(=O)[C@H](C)N)c1ccccc1. The molecule has 0 bridgehead atoms. The van der Waals surface area contributed by atoms with Crippen LogP contribution in [-0.4, -0.2) is 11.9 Å². The highest BCUT2D eigenvalue weighted by Crippen LogP contribution is 1.96. The fourth-order valence-electron chi connectivity index (χ4n) is 0.769. The van der Waals surface area contributed by atoms with Crippen LogP contribution in [-0.2, 0) is 11.3 Å². The molecule has 3 N–H and O–H groups in total. The van der Waals surface area contributed by atoms with E-state index in [2.05, 4.69) is 5.32 Å². The van der Waals surface area contributed by atoms with Crippen LogP contribution in [0.5, 0.6) is 0 Å². The fraction of sp³-hybridized carbons (Fsp3) is 0.300. The van der Waals surface area contributed by atoms with E-state index in [0.29, 0.717) is 5.56 Å². The average molecular weight is 180 g/mol. The summed E-state index contributed by atoms with van der Waals surface area (Å²) in [4.78, 5) is 11.3. The van der Waals surface area contributed by atoms with Crippen LogP contribution in [0.15, 0.2) is 30.3 Å². The van der Waals surface area contributed by atoms with Gasteiger partial charge < -0.3 is 11.1 Å². The molecule has 1 aromatic carbocycles. The molecule has 70 valence electrons. The van der Waals surface area contributed by atoms with Crippen LogP contribution in [0, 0.1) is 0 Å². The number of carbonyl (C=O) groups excluding carboxylic acids is 1. The molecule has 0 spiro atoms. The number of rotatable bonds is 3. The summed E-state index contributed by atoms with van der Waals surface area (Å²) in [5, 5.41) is 2.24. The van der Waals surface area contributed by atoms with Gasteiger partial charge in [-0.05, 0) is 12.5 Å². The molecule has 3 nitrogen and oxygen atoms in total. The first-order valence-electron chi connectivity index (χ1n) is 5.06. The lowest BCUT2D eigenvalue weighted by molar-refractivity contribution is -0.122. The summed E-state index contributed by atoms with van der Waals surface area (Å²) in [5.74, 6) is -0.510. The van der Waals surface area contributed by atoms with Crippen molar-refractivity contribution in [2.75, 3.05) is 0 Å². The fourth-order valence-corrected chi connectivity index (χ4v) is 0.769. The van der Waals surface area contributed by atoms with E-state index in [0.717, 1.165) is 0 Å². The third-order valence-corrected chi connectivity index (χ3v) is 1.52. The third-order valence-electron chi connectivity index (χ3n) is 1.52. The Hall–Kier alpha value is -1.35. The summed E-state index contributed by atoms with van der Waals surface area (Å²) >= 11 is 0. The van der Waals surface area contributed by atoms with Crippen molar-refractivity contribution < 1.29 is 7.54 Å². The van der Waals surface area contributed by atoms with Gasteiger partial charge in [-0.2, -0.15) is 0 Å². The molecule has 1 aromatic rings. The minimum atomic E-state index is -1.88. The van der Waals surface area contributed by atoms with Gasteiger partial charge in [0.2, 0.25) is 5.91 Å². The van der Waals surface area contributed by atoms with E-state index in [1.807, 2.05) is 0 Å². The van der Waals surface area contributed by atoms with E-state index in [-0.39, 0.29) is 0 Å². The number of benzene rings is 1. The Morgan fingerprint density at radius 2 is 2.23 bits per heavy atom. The van der Waals surface area contributed by atoms with Gasteiger partial charge in [0.1, 0.15) is 0 Å². The number of hydrogen-bond donors (Lipinski definition) is 2. The van der Waals surface area contributed by atoms with Gasteiger partial charge in [0.25, 0.3) is 0 Å². The number of hydrogen-bond acceptors (Lipinski definition) is 2. The summed E-state index contributed by atoms with van der Waals surface area (Å²) in [5.41, 5.74) is 5.74. The minimum absolute atomic E-state index is 0.402. The van der Waals surface area contributed by atoms with E-state index >= 15 is 0 Å². The standard InChI is InChI=1S/C10H14N2O/c1-8(11)10(13)12-7-9-5-3-2-4-6-9/h2-6,8H,7,11H2,1H3,(H,12,13)/t8-/m0/s1/i7D2. The third kappa shape index (κ3) is 3.25. The monoisotopic (exact) mass is 180 g/mol. The van der Waals surface area contributed by atoms with Crippen molar-refractivity contribution in [3.05, 3.63) is 35.9 Å². The molecular weight excluding hydrogens is 164 g/mol. The highest BCUT2D eigenvalue weighted by atomic mass is 16.2. The van der Waals surface area contributed by atoms with Gasteiger partial charge >= 0.3 is 0 Å². The predicted octanol–water partition coefficient (Wildman–Crippen LogP) is 0.650. The predicted molar refractivity (Wildman–Crippen MR) is 51.9 cm³/mol. The Morgan fingerprint density at radius 3 is 2.77 bits per heavy atom. The zero-order valence-electron chi connectivity index (χ0n) is 9.45. The van der Waals surface area contributed by atoms with Crippen molar-refractivity contribution >= 4 is 5.91 Å². The molecule has 13 heavy (non-hydrogen) atoms. The second-order valence-electron chi connectivity index (χ2n) is 2.77. The lowest BCUT2D eigenvalue weighted by atomic mass is 10.2. The van der Waals surface area contributed by atoms with Crippen molar-refractivity contribution in [2.45, 2.75) is 19.5 Å². The number of nitrogens with two attached hydrogens (primary N) is 1. The van der Waals surface area contributed by atoms with Crippen LogP contribution in [0.3, 0.4) is 0 Å². The smallest absolute Gasteiger partial charge is 0.236 e. The Morgan fingerprint density at radius 1 is 1.62 bits per heavy atom. The van der Waals surface area contributed by atoms with Gasteiger partial charge in [0.05, 0.1) is 8.78 Å². The molecule has 1 amide bonds. The van der Waals surface area contributed by atoms with Crippen LogP contribution in [0.1, 0.15) is 15.2 Å². The van der Waals surface area contributed by atoms with Gasteiger partial charge in [0.15, 0.2) is 0 Å². The first-order valence-corrected chi connectivity index (χ1v) is 4.06. The Balaban J connectivity index is 2.80. The van der Waals surface area contributed by atoms with E-state index in [9.17, 15) is 4.79 Å². The second kappa shape index (κ2) is 4.62.